The van der Waals surface area contributed by atoms with Crippen molar-refractivity contribution in [3.63, 3.8) is 0 Å². The number of nitrogen functional groups attached to an aromatic ring is 1. The second kappa shape index (κ2) is 11.4. The molecule has 208 valence electrons. The highest BCUT2D eigenvalue weighted by molar-refractivity contribution is 6.30. The first-order valence-electron chi connectivity index (χ1n) is 12.6. The van der Waals surface area contributed by atoms with Gasteiger partial charge in [-0.05, 0) is 38.8 Å². The fraction of sp³-hybridized carbons (Fsp3) is 0.321. The lowest BCUT2D eigenvalue weighted by molar-refractivity contribution is -0.122. The summed E-state index contributed by atoms with van der Waals surface area (Å²) in [4.78, 5) is 48.4. The predicted molar refractivity (Wildman–Crippen MR) is 150 cm³/mol. The van der Waals surface area contributed by atoms with Gasteiger partial charge in [0.25, 0.3) is 11.4 Å². The monoisotopic (exact) mass is 563 g/mol. The van der Waals surface area contributed by atoms with Crippen molar-refractivity contribution in [2.45, 2.75) is 52.6 Å². The Morgan fingerprint density at radius 2 is 1.82 bits per heavy atom. The van der Waals surface area contributed by atoms with Crippen LogP contribution in [0.5, 0.6) is 0 Å². The summed E-state index contributed by atoms with van der Waals surface area (Å²) in [5, 5.41) is 11.2. The van der Waals surface area contributed by atoms with Crippen LogP contribution in [-0.4, -0.2) is 42.5 Å². The van der Waals surface area contributed by atoms with E-state index >= 15 is 0 Å². The highest BCUT2D eigenvalue weighted by Crippen LogP contribution is 2.30. The molecule has 0 fully saturated rings. The van der Waals surface area contributed by atoms with Crippen LogP contribution in [0.15, 0.2) is 57.9 Å². The summed E-state index contributed by atoms with van der Waals surface area (Å²) < 4.78 is 6.97. The molecule has 0 spiro atoms. The average Bonchev–Trinajstić information content (AvgIpc) is 3.44. The Morgan fingerprint density at radius 1 is 1.12 bits per heavy atom. The van der Waals surface area contributed by atoms with Crippen LogP contribution in [-0.2, 0) is 16.8 Å². The van der Waals surface area contributed by atoms with Crippen molar-refractivity contribution in [1.29, 1.82) is 0 Å². The first kappa shape index (κ1) is 28.6. The number of hydrogen-bond acceptors (Lipinski definition) is 9. The third-order valence-corrected chi connectivity index (χ3v) is 6.76. The maximum absolute atomic E-state index is 13.4. The van der Waals surface area contributed by atoms with E-state index in [1.165, 1.54) is 10.8 Å². The number of anilines is 1. The molecule has 3 aromatic heterocycles. The Labute approximate surface area is 235 Å². The summed E-state index contributed by atoms with van der Waals surface area (Å²) in [5.41, 5.74) is 6.16. The number of pyridine rings is 1. The van der Waals surface area contributed by atoms with Gasteiger partial charge in [-0.15, -0.1) is 10.2 Å². The molecule has 1 aromatic carbocycles. The number of ketones is 1. The number of carbonyl (C=O) groups is 2. The normalized spacial score (nSPS) is 12.4. The standard InChI is InChI=1S/C28H30ClN7O4/c1-15(2)22(23(38)25-34-35-27(40-25)28(4,5)19-12-11-18(29)13-31-19)33-20(37)14-36-24(17-9-7-6-8-10-17)32-16(3)21(30)26(36)39/h6-13,15,22H,14,30H2,1-5H3,(H,33,37)/t22-/m0/s1. The molecule has 0 radical (unpaired) electrons. The van der Waals surface area contributed by atoms with Crippen molar-refractivity contribution >= 4 is 29.0 Å². The molecule has 0 saturated carbocycles. The molecule has 0 aliphatic rings. The Morgan fingerprint density at radius 3 is 2.45 bits per heavy atom. The zero-order valence-corrected chi connectivity index (χ0v) is 23.6. The van der Waals surface area contributed by atoms with Gasteiger partial charge in [-0.25, -0.2) is 4.98 Å². The van der Waals surface area contributed by atoms with Crippen LogP contribution in [0.4, 0.5) is 5.69 Å². The molecule has 1 amide bonds. The number of nitrogens with one attached hydrogen (secondary N) is 1. The van der Waals surface area contributed by atoms with Gasteiger partial charge in [-0.1, -0.05) is 55.8 Å². The van der Waals surface area contributed by atoms with Crippen molar-refractivity contribution in [3.8, 4) is 11.4 Å². The lowest BCUT2D eigenvalue weighted by atomic mass is 9.89. The van der Waals surface area contributed by atoms with Gasteiger partial charge in [0.1, 0.15) is 18.1 Å². The largest absolute Gasteiger partial charge is 0.417 e. The van der Waals surface area contributed by atoms with Gasteiger partial charge in [0, 0.05) is 11.8 Å². The van der Waals surface area contributed by atoms with E-state index in [2.05, 4.69) is 25.5 Å². The van der Waals surface area contributed by atoms with E-state index < -0.39 is 35.3 Å². The highest BCUT2D eigenvalue weighted by Gasteiger charge is 2.35. The Hall–Kier alpha value is -4.38. The van der Waals surface area contributed by atoms with E-state index in [1.54, 1.807) is 57.2 Å². The summed E-state index contributed by atoms with van der Waals surface area (Å²) in [6.07, 6.45) is 1.51. The zero-order chi connectivity index (χ0) is 29.2. The fourth-order valence-corrected chi connectivity index (χ4v) is 4.20. The van der Waals surface area contributed by atoms with Crippen LogP contribution in [0, 0.1) is 12.8 Å². The van der Waals surface area contributed by atoms with E-state index in [9.17, 15) is 14.4 Å². The summed E-state index contributed by atoms with van der Waals surface area (Å²) >= 11 is 5.95. The topological polar surface area (TPSA) is 159 Å². The molecule has 0 bridgehead atoms. The maximum Gasteiger partial charge on any atom is 0.286 e. The molecule has 0 aliphatic carbocycles. The van der Waals surface area contributed by atoms with Gasteiger partial charge in [0.05, 0.1) is 27.9 Å². The molecule has 0 aliphatic heterocycles. The smallest absolute Gasteiger partial charge is 0.286 e. The van der Waals surface area contributed by atoms with Gasteiger partial charge >= 0.3 is 0 Å². The number of aryl methyl sites for hydroxylation is 1. The van der Waals surface area contributed by atoms with Crippen LogP contribution in [0.1, 0.15) is 55.7 Å². The van der Waals surface area contributed by atoms with Crippen LogP contribution in [0.3, 0.4) is 0 Å². The molecule has 40 heavy (non-hydrogen) atoms. The number of Topliss-reactive ketones (excluding diaryl/α,β-unsaturated/α-hetero) is 1. The number of nitrogens with two attached hydrogens (primary N) is 1. The molecule has 3 heterocycles. The first-order chi connectivity index (χ1) is 18.9. The molecule has 3 N–H and O–H groups in total. The number of halogens is 1. The second-order valence-corrected chi connectivity index (χ2v) is 10.7. The number of nitrogens with zero attached hydrogens (tertiary/aromatic N) is 5. The summed E-state index contributed by atoms with van der Waals surface area (Å²) in [5.74, 6) is -1.25. The quantitative estimate of drug-likeness (QED) is 0.290. The number of benzene rings is 1. The van der Waals surface area contributed by atoms with Gasteiger partial charge in [0.15, 0.2) is 0 Å². The molecule has 0 saturated heterocycles. The Bertz CT molecular complexity index is 1600. The van der Waals surface area contributed by atoms with Crippen molar-refractivity contribution in [1.82, 2.24) is 30.0 Å². The minimum Gasteiger partial charge on any atom is -0.417 e. The Balaban J connectivity index is 1.58. The van der Waals surface area contributed by atoms with Crippen LogP contribution >= 0.6 is 11.6 Å². The number of rotatable bonds is 9. The lowest BCUT2D eigenvalue weighted by Gasteiger charge is -2.21. The third-order valence-electron chi connectivity index (χ3n) is 6.53. The lowest BCUT2D eigenvalue weighted by Crippen LogP contribution is -2.46. The molecular formula is C28H30ClN7O4. The van der Waals surface area contributed by atoms with E-state index in [4.69, 9.17) is 21.8 Å². The number of aromatic nitrogens is 5. The van der Waals surface area contributed by atoms with Crippen molar-refractivity contribution in [2.24, 2.45) is 5.92 Å². The molecule has 4 aromatic rings. The fourth-order valence-electron chi connectivity index (χ4n) is 4.09. The van der Waals surface area contributed by atoms with Gasteiger partial charge in [-0.3, -0.25) is 23.9 Å². The van der Waals surface area contributed by atoms with Crippen LogP contribution < -0.4 is 16.6 Å². The first-order valence-corrected chi connectivity index (χ1v) is 13.0. The van der Waals surface area contributed by atoms with Crippen LogP contribution in [0.25, 0.3) is 11.4 Å². The van der Waals surface area contributed by atoms with E-state index in [0.717, 1.165) is 0 Å². The molecule has 0 unspecified atom stereocenters. The highest BCUT2D eigenvalue weighted by atomic mass is 35.5. The molecule has 1 atom stereocenters. The zero-order valence-electron chi connectivity index (χ0n) is 22.8. The maximum atomic E-state index is 13.4. The number of carbonyl (C=O) groups excluding carboxylic acids is 2. The predicted octanol–water partition coefficient (Wildman–Crippen LogP) is 3.58. The van der Waals surface area contributed by atoms with Gasteiger partial charge < -0.3 is 15.5 Å². The van der Waals surface area contributed by atoms with Gasteiger partial charge in [0.2, 0.25) is 17.6 Å². The molecular weight excluding hydrogens is 534 g/mol. The number of amides is 1. The number of hydrogen-bond donors (Lipinski definition) is 2. The summed E-state index contributed by atoms with van der Waals surface area (Å²) in [7, 11) is 0. The molecule has 12 heteroatoms. The van der Waals surface area contributed by atoms with E-state index in [1.807, 2.05) is 19.9 Å². The molecule has 4 rings (SSSR count). The van der Waals surface area contributed by atoms with Crippen LogP contribution in [0.2, 0.25) is 5.02 Å². The van der Waals surface area contributed by atoms with Crippen molar-refractivity contribution in [3.05, 3.63) is 87.2 Å². The summed E-state index contributed by atoms with van der Waals surface area (Å²) in [6.45, 7) is 8.43. The Kier molecular flexibility index (Phi) is 8.15. The third kappa shape index (κ3) is 5.79. The van der Waals surface area contributed by atoms with Crippen molar-refractivity contribution in [2.75, 3.05) is 5.73 Å². The van der Waals surface area contributed by atoms with Crippen molar-refractivity contribution < 1.29 is 14.0 Å². The average molecular weight is 564 g/mol. The molecule has 11 nitrogen and oxygen atoms in total. The van der Waals surface area contributed by atoms with Gasteiger partial charge in [-0.2, -0.15) is 0 Å². The second-order valence-electron chi connectivity index (χ2n) is 10.2. The minimum absolute atomic E-state index is 0.0554. The summed E-state index contributed by atoms with van der Waals surface area (Å²) in [6, 6.07) is 11.4. The van der Waals surface area contributed by atoms with E-state index in [0.29, 0.717) is 27.8 Å². The minimum atomic E-state index is -0.996. The van der Waals surface area contributed by atoms with E-state index in [-0.39, 0.29) is 23.4 Å². The SMILES string of the molecule is Cc1nc(-c2ccccc2)n(CC(=O)N[C@H](C(=O)c2nnc(C(C)(C)c3ccc(Cl)cn3)o2)C(C)C)c(=O)c1N.